The van der Waals surface area contributed by atoms with E-state index in [2.05, 4.69) is 6.92 Å². The van der Waals surface area contributed by atoms with Crippen LogP contribution in [0.25, 0.3) is 5.76 Å². The number of likely N-dealkylation sites (tertiary alicyclic amines) is 1. The molecule has 1 atom stereocenters. The average Bonchev–Trinajstić information content (AvgIpc) is 3.05. The molecule has 1 N–H and O–H groups in total. The van der Waals surface area contributed by atoms with E-state index in [0.29, 0.717) is 35.9 Å². The van der Waals surface area contributed by atoms with Crippen LogP contribution in [-0.2, 0) is 16.0 Å². The molecule has 2 aromatic carbocycles. The number of halogens is 1. The van der Waals surface area contributed by atoms with Gasteiger partial charge in [0.05, 0.1) is 23.2 Å². The molecule has 0 aromatic heterocycles. The first kappa shape index (κ1) is 24.8. The van der Waals surface area contributed by atoms with Gasteiger partial charge < -0.3 is 19.6 Å². The molecule has 1 fully saturated rings. The Balaban J connectivity index is 2.10. The quantitative estimate of drug-likeness (QED) is 0.327. The number of hydrogen-bond acceptors (Lipinski definition) is 5. The molecule has 0 saturated carbocycles. The number of aliphatic hydroxyl groups is 1. The summed E-state index contributed by atoms with van der Waals surface area (Å²) in [4.78, 5) is 29.8. The van der Waals surface area contributed by atoms with E-state index in [1.807, 2.05) is 50.2 Å². The fourth-order valence-electron chi connectivity index (χ4n) is 4.02. The maximum atomic E-state index is 13.1. The molecule has 1 amide bonds. The molecular weight excluding hydrogens is 440 g/mol. The number of aryl methyl sites for hydroxylation is 1. The van der Waals surface area contributed by atoms with Gasteiger partial charge in [-0.15, -0.1) is 0 Å². The highest BCUT2D eigenvalue weighted by Gasteiger charge is 2.45. The molecular formula is C26H31ClN2O4. The summed E-state index contributed by atoms with van der Waals surface area (Å²) in [6, 6.07) is 12.0. The number of aliphatic hydroxyl groups excluding tert-OH is 1. The van der Waals surface area contributed by atoms with Gasteiger partial charge in [0.1, 0.15) is 11.5 Å². The molecule has 7 heteroatoms. The van der Waals surface area contributed by atoms with E-state index in [4.69, 9.17) is 16.3 Å². The molecule has 33 heavy (non-hydrogen) atoms. The Morgan fingerprint density at radius 2 is 1.82 bits per heavy atom. The van der Waals surface area contributed by atoms with Gasteiger partial charge in [-0.05, 0) is 69.7 Å². The van der Waals surface area contributed by atoms with Crippen molar-refractivity contribution in [2.24, 2.45) is 0 Å². The standard InChI is InChI=1S/C26H31ClN2O4/c1-5-17-8-10-18(11-9-17)23-22(25(31)26(32)29(23)15-7-14-28(3)4)24(30)19-12-13-20(27)21(16-19)33-6-2/h8-13,16,23,30H,5-7,14-15H2,1-4H3/b24-22-. The van der Waals surface area contributed by atoms with Crippen molar-refractivity contribution in [3.05, 3.63) is 69.8 Å². The van der Waals surface area contributed by atoms with Gasteiger partial charge in [0.15, 0.2) is 0 Å². The fourth-order valence-corrected chi connectivity index (χ4v) is 4.19. The minimum absolute atomic E-state index is 0.0823. The smallest absolute Gasteiger partial charge is 0.295 e. The van der Waals surface area contributed by atoms with E-state index in [1.165, 1.54) is 0 Å². The van der Waals surface area contributed by atoms with Crippen molar-refractivity contribution >= 4 is 29.1 Å². The van der Waals surface area contributed by atoms with Crippen molar-refractivity contribution in [3.63, 3.8) is 0 Å². The molecule has 1 aliphatic rings. The van der Waals surface area contributed by atoms with Crippen LogP contribution in [-0.4, -0.2) is 60.4 Å². The predicted octanol–water partition coefficient (Wildman–Crippen LogP) is 4.67. The summed E-state index contributed by atoms with van der Waals surface area (Å²) in [6.07, 6.45) is 1.59. The van der Waals surface area contributed by atoms with Crippen molar-refractivity contribution in [1.29, 1.82) is 0 Å². The van der Waals surface area contributed by atoms with Gasteiger partial charge in [0.2, 0.25) is 0 Å². The van der Waals surface area contributed by atoms with Crippen LogP contribution in [0, 0.1) is 0 Å². The maximum Gasteiger partial charge on any atom is 0.295 e. The van der Waals surface area contributed by atoms with Gasteiger partial charge in [-0.25, -0.2) is 0 Å². The third kappa shape index (κ3) is 5.40. The number of carbonyl (C=O) groups is 2. The molecule has 1 saturated heterocycles. The number of carbonyl (C=O) groups excluding carboxylic acids is 2. The van der Waals surface area contributed by atoms with Gasteiger partial charge in [0.25, 0.3) is 11.7 Å². The Bertz CT molecular complexity index is 1050. The second-order valence-electron chi connectivity index (χ2n) is 8.32. The lowest BCUT2D eigenvalue weighted by molar-refractivity contribution is -0.139. The first-order valence-corrected chi connectivity index (χ1v) is 11.6. The van der Waals surface area contributed by atoms with Gasteiger partial charge in [0, 0.05) is 12.1 Å². The zero-order valence-corrected chi connectivity index (χ0v) is 20.4. The molecule has 1 heterocycles. The van der Waals surface area contributed by atoms with Crippen molar-refractivity contribution < 1.29 is 19.4 Å². The number of ketones is 1. The SMILES string of the molecule is CCOc1cc(/C(O)=C2/C(=O)C(=O)N(CCCN(C)C)C2c2ccc(CC)cc2)ccc1Cl. The number of rotatable bonds is 9. The Kier molecular flexibility index (Phi) is 8.16. The van der Waals surface area contributed by atoms with Crippen LogP contribution >= 0.6 is 11.6 Å². The summed E-state index contributed by atoms with van der Waals surface area (Å²) in [5, 5.41) is 11.6. The minimum atomic E-state index is -0.685. The summed E-state index contributed by atoms with van der Waals surface area (Å²) >= 11 is 6.19. The summed E-state index contributed by atoms with van der Waals surface area (Å²) in [5.41, 5.74) is 2.40. The number of Topliss-reactive ketones (excluding diaryl/α,β-unsaturated/α-hetero) is 1. The largest absolute Gasteiger partial charge is 0.507 e. The third-order valence-electron chi connectivity index (χ3n) is 5.75. The van der Waals surface area contributed by atoms with E-state index in [9.17, 15) is 14.7 Å². The number of nitrogens with zero attached hydrogens (tertiary/aromatic N) is 2. The molecule has 2 aromatic rings. The lowest BCUT2D eigenvalue weighted by Gasteiger charge is -2.26. The van der Waals surface area contributed by atoms with E-state index in [0.717, 1.165) is 24.1 Å². The molecule has 0 radical (unpaired) electrons. The summed E-state index contributed by atoms with van der Waals surface area (Å²) in [5.74, 6) is -1.10. The van der Waals surface area contributed by atoms with E-state index < -0.39 is 17.7 Å². The predicted molar refractivity (Wildman–Crippen MR) is 131 cm³/mol. The average molecular weight is 471 g/mol. The highest BCUT2D eigenvalue weighted by Crippen LogP contribution is 2.40. The molecule has 1 aliphatic heterocycles. The second kappa shape index (κ2) is 10.9. The van der Waals surface area contributed by atoms with Gasteiger partial charge >= 0.3 is 0 Å². The Labute approximate surface area is 200 Å². The minimum Gasteiger partial charge on any atom is -0.507 e. The second-order valence-corrected chi connectivity index (χ2v) is 8.73. The normalized spacial score (nSPS) is 17.8. The van der Waals surface area contributed by atoms with Crippen LogP contribution in [0.4, 0.5) is 0 Å². The monoisotopic (exact) mass is 470 g/mol. The Hall–Kier alpha value is -2.83. The van der Waals surface area contributed by atoms with Crippen molar-refractivity contribution in [1.82, 2.24) is 9.80 Å². The summed E-state index contributed by atoms with van der Waals surface area (Å²) < 4.78 is 5.54. The first-order chi connectivity index (χ1) is 15.8. The first-order valence-electron chi connectivity index (χ1n) is 11.2. The van der Waals surface area contributed by atoms with E-state index >= 15 is 0 Å². The van der Waals surface area contributed by atoms with Crippen LogP contribution in [0.2, 0.25) is 5.02 Å². The van der Waals surface area contributed by atoms with Crippen molar-refractivity contribution in [2.75, 3.05) is 33.8 Å². The molecule has 0 bridgehead atoms. The van der Waals surface area contributed by atoms with Crippen LogP contribution in [0.1, 0.15) is 43.0 Å². The Morgan fingerprint density at radius 1 is 1.12 bits per heavy atom. The molecule has 0 spiro atoms. The molecule has 176 valence electrons. The van der Waals surface area contributed by atoms with Crippen LogP contribution in [0.3, 0.4) is 0 Å². The van der Waals surface area contributed by atoms with Crippen molar-refractivity contribution in [3.8, 4) is 5.75 Å². The summed E-state index contributed by atoms with van der Waals surface area (Å²) in [7, 11) is 3.93. The van der Waals surface area contributed by atoms with Gasteiger partial charge in [-0.1, -0.05) is 42.8 Å². The van der Waals surface area contributed by atoms with Gasteiger partial charge in [-0.3, -0.25) is 9.59 Å². The number of ether oxygens (including phenoxy) is 1. The van der Waals surface area contributed by atoms with E-state index in [1.54, 1.807) is 23.1 Å². The molecule has 3 rings (SSSR count). The van der Waals surface area contributed by atoms with E-state index in [-0.39, 0.29) is 11.3 Å². The highest BCUT2D eigenvalue weighted by atomic mass is 35.5. The van der Waals surface area contributed by atoms with Crippen molar-refractivity contribution in [2.45, 2.75) is 32.7 Å². The van der Waals surface area contributed by atoms with Crippen LogP contribution in [0.15, 0.2) is 48.0 Å². The third-order valence-corrected chi connectivity index (χ3v) is 6.06. The molecule has 0 aliphatic carbocycles. The van der Waals surface area contributed by atoms with Crippen LogP contribution in [0.5, 0.6) is 5.75 Å². The topological polar surface area (TPSA) is 70.1 Å². The number of benzene rings is 2. The highest BCUT2D eigenvalue weighted by molar-refractivity contribution is 6.46. The fraction of sp³-hybridized carbons (Fsp3) is 0.385. The van der Waals surface area contributed by atoms with Gasteiger partial charge in [-0.2, -0.15) is 0 Å². The zero-order valence-electron chi connectivity index (χ0n) is 19.6. The molecule has 1 unspecified atom stereocenters. The lowest BCUT2D eigenvalue weighted by atomic mass is 9.94. The number of amides is 1. The maximum absolute atomic E-state index is 13.1. The van der Waals surface area contributed by atoms with Crippen LogP contribution < -0.4 is 4.74 Å². The molecule has 6 nitrogen and oxygen atoms in total. The summed E-state index contributed by atoms with van der Waals surface area (Å²) in [6.45, 7) is 5.49. The Morgan fingerprint density at radius 3 is 2.42 bits per heavy atom. The number of hydrogen-bond donors (Lipinski definition) is 1. The zero-order chi connectivity index (χ0) is 24.1. The lowest BCUT2D eigenvalue weighted by Crippen LogP contribution is -2.32.